The molecule has 0 amide bonds. The summed E-state index contributed by atoms with van der Waals surface area (Å²) >= 11 is 14.1. The zero-order valence-corrected chi connectivity index (χ0v) is 12.4. The number of alkyl halides is 1. The van der Waals surface area contributed by atoms with Crippen LogP contribution in [0.25, 0.3) is 0 Å². The molecule has 1 nitrogen and oxygen atoms in total. The largest absolute Gasteiger partial charge is 0.367 e. The van der Waals surface area contributed by atoms with Crippen molar-refractivity contribution in [3.63, 3.8) is 0 Å². The van der Waals surface area contributed by atoms with Gasteiger partial charge in [-0.25, -0.2) is 0 Å². The third-order valence-corrected chi connectivity index (χ3v) is 5.25. The van der Waals surface area contributed by atoms with E-state index < -0.39 is 0 Å². The maximum atomic E-state index is 6.10. The molecule has 2 atom stereocenters. The van der Waals surface area contributed by atoms with E-state index in [2.05, 4.69) is 18.7 Å². The van der Waals surface area contributed by atoms with Gasteiger partial charge in [0.2, 0.25) is 0 Å². The highest BCUT2D eigenvalue weighted by molar-refractivity contribution is 8.00. The average molecular weight is 290 g/mol. The summed E-state index contributed by atoms with van der Waals surface area (Å²) in [7, 11) is 0. The molecule has 94 valence electrons. The molecule has 1 aliphatic heterocycles. The van der Waals surface area contributed by atoms with Crippen LogP contribution >= 0.6 is 35.0 Å². The van der Waals surface area contributed by atoms with Gasteiger partial charge in [0, 0.05) is 40.2 Å². The molecule has 0 saturated carbocycles. The van der Waals surface area contributed by atoms with Gasteiger partial charge in [-0.3, -0.25) is 0 Å². The fraction of sp³-hybridized carbons (Fsp3) is 0.538. The fourth-order valence-electron chi connectivity index (χ4n) is 2.19. The first-order valence-electron chi connectivity index (χ1n) is 5.86. The summed E-state index contributed by atoms with van der Waals surface area (Å²) in [4.78, 5) is 2.44. The molecule has 2 unspecified atom stereocenters. The van der Waals surface area contributed by atoms with E-state index in [0.717, 1.165) is 11.6 Å². The Bertz CT molecular complexity index is 397. The van der Waals surface area contributed by atoms with Crippen molar-refractivity contribution in [2.45, 2.75) is 31.0 Å². The third kappa shape index (κ3) is 2.86. The second-order valence-electron chi connectivity index (χ2n) is 4.42. The van der Waals surface area contributed by atoms with E-state index in [1.165, 1.54) is 17.0 Å². The van der Waals surface area contributed by atoms with Crippen LogP contribution in [0.1, 0.15) is 19.4 Å². The molecular formula is C13H17Cl2NS. The zero-order valence-electron chi connectivity index (χ0n) is 10.1. The number of anilines is 1. The van der Waals surface area contributed by atoms with Crippen LogP contribution in [0.5, 0.6) is 0 Å². The first-order chi connectivity index (χ1) is 8.13. The lowest BCUT2D eigenvalue weighted by molar-refractivity contribution is 0.626. The predicted octanol–water partition coefficient (Wildman–Crippen LogP) is 4.41. The van der Waals surface area contributed by atoms with E-state index in [4.69, 9.17) is 23.2 Å². The van der Waals surface area contributed by atoms with Crippen molar-refractivity contribution in [2.24, 2.45) is 0 Å². The molecule has 0 N–H and O–H groups in total. The van der Waals surface area contributed by atoms with Crippen molar-refractivity contribution in [2.75, 3.05) is 17.2 Å². The molecule has 1 aromatic carbocycles. The van der Waals surface area contributed by atoms with Crippen LogP contribution in [0, 0.1) is 0 Å². The molecule has 1 aromatic rings. The number of halogens is 2. The lowest BCUT2D eigenvalue weighted by atomic mass is 10.1. The van der Waals surface area contributed by atoms with Crippen LogP contribution in [0.15, 0.2) is 18.2 Å². The predicted molar refractivity (Wildman–Crippen MR) is 79.7 cm³/mol. The Morgan fingerprint density at radius 2 is 2.18 bits per heavy atom. The van der Waals surface area contributed by atoms with Crippen LogP contribution in [-0.4, -0.2) is 23.6 Å². The highest BCUT2D eigenvalue weighted by Gasteiger charge is 2.26. The summed E-state index contributed by atoms with van der Waals surface area (Å²) in [6, 6.07) is 6.51. The van der Waals surface area contributed by atoms with Crippen LogP contribution in [0.2, 0.25) is 5.02 Å². The third-order valence-electron chi connectivity index (χ3n) is 3.38. The van der Waals surface area contributed by atoms with Gasteiger partial charge in [0.15, 0.2) is 0 Å². The molecule has 17 heavy (non-hydrogen) atoms. The molecule has 0 spiro atoms. The van der Waals surface area contributed by atoms with Crippen LogP contribution in [-0.2, 0) is 5.88 Å². The molecule has 0 radical (unpaired) electrons. The number of hydrogen-bond acceptors (Lipinski definition) is 2. The summed E-state index contributed by atoms with van der Waals surface area (Å²) in [5, 5.41) is 1.43. The smallest absolute Gasteiger partial charge is 0.0494 e. The number of benzene rings is 1. The van der Waals surface area contributed by atoms with Crippen molar-refractivity contribution in [3.8, 4) is 0 Å². The monoisotopic (exact) mass is 289 g/mol. The fourth-order valence-corrected chi connectivity index (χ4v) is 3.68. The SMILES string of the molecule is CC1SCCN(c2cc(Cl)ccc2CCl)C1C. The van der Waals surface area contributed by atoms with E-state index in [-0.39, 0.29) is 0 Å². The number of nitrogens with zero attached hydrogens (tertiary/aromatic N) is 1. The van der Waals surface area contributed by atoms with Gasteiger partial charge in [-0.05, 0) is 24.6 Å². The Hall–Kier alpha value is -0.0500. The first kappa shape index (κ1) is 13.4. The minimum Gasteiger partial charge on any atom is -0.367 e. The minimum absolute atomic E-state index is 0.522. The Morgan fingerprint density at radius 3 is 2.88 bits per heavy atom. The van der Waals surface area contributed by atoms with E-state index in [1.807, 2.05) is 30.0 Å². The lowest BCUT2D eigenvalue weighted by Crippen LogP contribution is -2.45. The van der Waals surface area contributed by atoms with Crippen LogP contribution in [0.4, 0.5) is 5.69 Å². The second kappa shape index (κ2) is 5.73. The van der Waals surface area contributed by atoms with E-state index in [1.54, 1.807) is 0 Å². The summed E-state index contributed by atoms with van der Waals surface area (Å²) in [5.41, 5.74) is 2.37. The Kier molecular flexibility index (Phi) is 4.51. The van der Waals surface area contributed by atoms with Crippen molar-refractivity contribution >= 4 is 40.7 Å². The van der Waals surface area contributed by atoms with Crippen molar-refractivity contribution < 1.29 is 0 Å². The molecule has 2 rings (SSSR count). The Labute approximate surface area is 117 Å². The van der Waals surface area contributed by atoms with Crippen molar-refractivity contribution in [3.05, 3.63) is 28.8 Å². The summed E-state index contributed by atoms with van der Waals surface area (Å²) < 4.78 is 0. The lowest BCUT2D eigenvalue weighted by Gasteiger charge is -2.40. The highest BCUT2D eigenvalue weighted by Crippen LogP contribution is 2.33. The quantitative estimate of drug-likeness (QED) is 0.742. The topological polar surface area (TPSA) is 3.24 Å². The molecule has 0 aliphatic carbocycles. The van der Waals surface area contributed by atoms with Crippen molar-refractivity contribution in [1.29, 1.82) is 0 Å². The van der Waals surface area contributed by atoms with E-state index in [9.17, 15) is 0 Å². The van der Waals surface area contributed by atoms with Gasteiger partial charge in [-0.2, -0.15) is 11.8 Å². The first-order valence-corrected chi connectivity index (χ1v) is 7.82. The number of thioether (sulfide) groups is 1. The molecule has 0 aromatic heterocycles. The molecule has 1 saturated heterocycles. The molecule has 1 heterocycles. The number of rotatable bonds is 2. The Balaban J connectivity index is 2.34. The molecular weight excluding hydrogens is 273 g/mol. The standard InChI is InChI=1S/C13H17Cl2NS/c1-9-10(2)17-6-5-16(9)13-7-12(15)4-3-11(13)8-14/h3-4,7,9-10H,5-6,8H2,1-2H3. The van der Waals surface area contributed by atoms with Gasteiger partial charge >= 0.3 is 0 Å². The summed E-state index contributed by atoms with van der Waals surface area (Å²) in [6.07, 6.45) is 0. The zero-order chi connectivity index (χ0) is 12.4. The molecule has 1 fully saturated rings. The van der Waals surface area contributed by atoms with Gasteiger partial charge < -0.3 is 4.90 Å². The van der Waals surface area contributed by atoms with E-state index >= 15 is 0 Å². The normalized spacial score (nSPS) is 25.1. The maximum absolute atomic E-state index is 6.10. The van der Waals surface area contributed by atoms with Gasteiger partial charge in [0.1, 0.15) is 0 Å². The summed E-state index contributed by atoms with van der Waals surface area (Å²) in [6.45, 7) is 5.63. The Morgan fingerprint density at radius 1 is 1.41 bits per heavy atom. The average Bonchev–Trinajstić information content (AvgIpc) is 2.33. The van der Waals surface area contributed by atoms with Crippen molar-refractivity contribution in [1.82, 2.24) is 0 Å². The van der Waals surface area contributed by atoms with Crippen LogP contribution in [0.3, 0.4) is 0 Å². The second-order valence-corrected chi connectivity index (χ2v) is 6.61. The molecule has 4 heteroatoms. The summed E-state index contributed by atoms with van der Waals surface area (Å²) in [5.74, 6) is 1.71. The van der Waals surface area contributed by atoms with Gasteiger partial charge in [0.05, 0.1) is 0 Å². The van der Waals surface area contributed by atoms with E-state index in [0.29, 0.717) is 17.2 Å². The minimum atomic E-state index is 0.522. The number of hydrogen-bond donors (Lipinski definition) is 0. The molecule has 1 aliphatic rings. The van der Waals surface area contributed by atoms with Gasteiger partial charge in [-0.15, -0.1) is 11.6 Å². The maximum Gasteiger partial charge on any atom is 0.0494 e. The van der Waals surface area contributed by atoms with Crippen LogP contribution < -0.4 is 4.90 Å². The van der Waals surface area contributed by atoms with Gasteiger partial charge in [0.25, 0.3) is 0 Å². The van der Waals surface area contributed by atoms with Gasteiger partial charge in [-0.1, -0.05) is 24.6 Å². The highest BCUT2D eigenvalue weighted by atomic mass is 35.5. The molecule has 0 bridgehead atoms.